The number of carbonyl (C=O) groups is 1. The molecule has 0 bridgehead atoms. The highest BCUT2D eigenvalue weighted by molar-refractivity contribution is 5.75. The second-order valence-corrected chi connectivity index (χ2v) is 7.04. The van der Waals surface area contributed by atoms with Crippen LogP contribution in [0, 0.1) is 29.1 Å². The maximum atomic E-state index is 11.8. The predicted octanol–water partition coefficient (Wildman–Crippen LogP) is 2.37. The maximum Gasteiger partial charge on any atom is 0.309 e. The van der Waals surface area contributed by atoms with E-state index >= 15 is 0 Å². The largest absolute Gasteiger partial charge is 0.462 e. The average molecular weight is 252 g/mol. The van der Waals surface area contributed by atoms with Crippen molar-refractivity contribution < 1.29 is 14.6 Å². The van der Waals surface area contributed by atoms with Gasteiger partial charge in [-0.05, 0) is 37.0 Å². The van der Waals surface area contributed by atoms with Crippen molar-refractivity contribution in [3.63, 3.8) is 0 Å². The molecule has 102 valence electrons. The van der Waals surface area contributed by atoms with Crippen LogP contribution in [0.15, 0.2) is 0 Å². The molecule has 2 aliphatic carbocycles. The van der Waals surface area contributed by atoms with E-state index in [0.29, 0.717) is 11.8 Å². The van der Waals surface area contributed by atoms with Gasteiger partial charge in [0, 0.05) is 11.8 Å². The molecule has 1 heterocycles. The molecule has 3 heteroatoms. The number of rotatable bonds is 0. The molecular weight excluding hydrogens is 228 g/mol. The van der Waals surface area contributed by atoms with E-state index in [-0.39, 0.29) is 35.4 Å². The molecule has 0 aromatic rings. The van der Waals surface area contributed by atoms with Crippen molar-refractivity contribution in [3.05, 3.63) is 0 Å². The van der Waals surface area contributed by atoms with Crippen molar-refractivity contribution in [2.24, 2.45) is 29.1 Å². The Hall–Kier alpha value is -0.570. The van der Waals surface area contributed by atoms with Crippen LogP contribution in [0.3, 0.4) is 0 Å². The molecule has 7 atom stereocenters. The van der Waals surface area contributed by atoms with Gasteiger partial charge in [-0.1, -0.05) is 20.8 Å². The molecule has 3 aliphatic rings. The monoisotopic (exact) mass is 252 g/mol. The van der Waals surface area contributed by atoms with Crippen LogP contribution in [0.4, 0.5) is 0 Å². The van der Waals surface area contributed by atoms with Crippen molar-refractivity contribution in [1.82, 2.24) is 0 Å². The highest BCUT2D eigenvalue weighted by atomic mass is 16.6. The fourth-order valence-electron chi connectivity index (χ4n) is 4.81. The van der Waals surface area contributed by atoms with Gasteiger partial charge < -0.3 is 9.84 Å². The van der Waals surface area contributed by atoms with Gasteiger partial charge in [0.1, 0.15) is 6.10 Å². The maximum absolute atomic E-state index is 11.8. The fourth-order valence-corrected chi connectivity index (χ4v) is 4.81. The molecule has 3 nitrogen and oxygen atoms in total. The molecular formula is C15H24O3. The number of hydrogen-bond acceptors (Lipinski definition) is 3. The van der Waals surface area contributed by atoms with Crippen LogP contribution < -0.4 is 0 Å². The number of esters is 1. The minimum atomic E-state index is -0.226. The van der Waals surface area contributed by atoms with Gasteiger partial charge >= 0.3 is 5.97 Å². The van der Waals surface area contributed by atoms with E-state index in [4.69, 9.17) is 4.74 Å². The highest BCUT2D eigenvalue weighted by Crippen LogP contribution is 2.57. The Kier molecular flexibility index (Phi) is 2.74. The summed E-state index contributed by atoms with van der Waals surface area (Å²) in [5, 5.41) is 10.1. The van der Waals surface area contributed by atoms with Gasteiger partial charge in [0.05, 0.1) is 12.0 Å². The minimum absolute atomic E-state index is 0.0264. The summed E-state index contributed by atoms with van der Waals surface area (Å²) in [6.45, 7) is 6.46. The normalized spacial score (nSPS) is 55.7. The molecule has 3 fully saturated rings. The van der Waals surface area contributed by atoms with Crippen LogP contribution in [0.1, 0.15) is 46.5 Å². The van der Waals surface area contributed by atoms with Gasteiger partial charge in [0.2, 0.25) is 0 Å². The van der Waals surface area contributed by atoms with E-state index in [2.05, 4.69) is 13.8 Å². The first kappa shape index (κ1) is 12.5. The van der Waals surface area contributed by atoms with Crippen molar-refractivity contribution in [2.45, 2.75) is 58.7 Å². The molecule has 0 spiro atoms. The molecule has 0 aromatic heterocycles. The Morgan fingerprint density at radius 2 is 1.94 bits per heavy atom. The Labute approximate surface area is 109 Å². The molecule has 1 saturated heterocycles. The Bertz CT molecular complexity index is 367. The number of aliphatic hydroxyl groups is 1. The van der Waals surface area contributed by atoms with E-state index in [1.165, 1.54) is 6.42 Å². The Balaban J connectivity index is 1.93. The lowest BCUT2D eigenvalue weighted by molar-refractivity contribution is -0.159. The standard InChI is InChI=1S/C15H24O3/c1-8-10-4-6-15(3)7-5-11(16)9(2)12(15)13(10)18-14(8)17/h8-13,16H,4-7H2,1-3H3/t8-,9+,10-,11+,12+,13-,15-/m0/s1. The lowest BCUT2D eigenvalue weighted by atomic mass is 9.53. The van der Waals surface area contributed by atoms with Crippen molar-refractivity contribution >= 4 is 5.97 Å². The van der Waals surface area contributed by atoms with E-state index < -0.39 is 0 Å². The SMILES string of the molecule is C[C@H]1[C@@H]2[C@H]3OC(=O)[C@@H](C)[C@@H]3CC[C@@]2(C)CC[C@H]1O. The van der Waals surface area contributed by atoms with E-state index in [9.17, 15) is 9.90 Å². The van der Waals surface area contributed by atoms with E-state index in [1.807, 2.05) is 6.92 Å². The third kappa shape index (κ3) is 1.56. The first-order valence-corrected chi connectivity index (χ1v) is 7.32. The zero-order valence-electron chi connectivity index (χ0n) is 11.6. The first-order valence-electron chi connectivity index (χ1n) is 7.32. The molecule has 0 aromatic carbocycles. The van der Waals surface area contributed by atoms with Crippen LogP contribution in [0.25, 0.3) is 0 Å². The van der Waals surface area contributed by atoms with Crippen molar-refractivity contribution in [1.29, 1.82) is 0 Å². The molecule has 18 heavy (non-hydrogen) atoms. The fraction of sp³-hybridized carbons (Fsp3) is 0.933. The number of hydrogen-bond donors (Lipinski definition) is 1. The van der Waals surface area contributed by atoms with Gasteiger partial charge in [-0.15, -0.1) is 0 Å². The summed E-state index contributed by atoms with van der Waals surface area (Å²) in [5.74, 6) is 0.985. The molecule has 2 saturated carbocycles. The van der Waals surface area contributed by atoms with Gasteiger partial charge in [-0.25, -0.2) is 0 Å². The smallest absolute Gasteiger partial charge is 0.309 e. The van der Waals surface area contributed by atoms with Crippen LogP contribution in [0.2, 0.25) is 0 Å². The summed E-state index contributed by atoms with van der Waals surface area (Å²) in [6.07, 6.45) is 4.07. The molecule has 3 rings (SSSR count). The second-order valence-electron chi connectivity index (χ2n) is 7.04. The summed E-state index contributed by atoms with van der Waals surface area (Å²) in [7, 11) is 0. The topological polar surface area (TPSA) is 46.5 Å². The van der Waals surface area contributed by atoms with Crippen molar-refractivity contribution in [2.75, 3.05) is 0 Å². The van der Waals surface area contributed by atoms with Gasteiger partial charge in [-0.2, -0.15) is 0 Å². The molecule has 0 radical (unpaired) electrons. The Morgan fingerprint density at radius 1 is 1.28 bits per heavy atom. The summed E-state index contributed by atoms with van der Waals surface area (Å²) < 4.78 is 5.68. The molecule has 1 N–H and O–H groups in total. The molecule has 0 amide bonds. The van der Waals surface area contributed by atoms with E-state index in [1.54, 1.807) is 0 Å². The zero-order valence-corrected chi connectivity index (χ0v) is 11.6. The summed E-state index contributed by atoms with van der Waals surface area (Å²) >= 11 is 0. The van der Waals surface area contributed by atoms with Gasteiger partial charge in [-0.3, -0.25) is 4.79 Å². The quantitative estimate of drug-likeness (QED) is 0.673. The third-order valence-electron chi connectivity index (χ3n) is 6.08. The first-order chi connectivity index (χ1) is 8.44. The van der Waals surface area contributed by atoms with Crippen LogP contribution in [-0.2, 0) is 9.53 Å². The lowest BCUT2D eigenvalue weighted by Crippen LogP contribution is -2.53. The molecule has 0 unspecified atom stereocenters. The summed E-state index contributed by atoms with van der Waals surface area (Å²) in [5.41, 5.74) is 0.254. The van der Waals surface area contributed by atoms with E-state index in [0.717, 1.165) is 19.3 Å². The Morgan fingerprint density at radius 3 is 2.67 bits per heavy atom. The van der Waals surface area contributed by atoms with Gasteiger partial charge in [0.15, 0.2) is 0 Å². The molecule has 1 aliphatic heterocycles. The minimum Gasteiger partial charge on any atom is -0.462 e. The third-order valence-corrected chi connectivity index (χ3v) is 6.08. The van der Waals surface area contributed by atoms with Crippen molar-refractivity contribution in [3.8, 4) is 0 Å². The number of fused-ring (bicyclic) bond motifs is 3. The summed E-state index contributed by atoms with van der Waals surface area (Å²) in [6, 6.07) is 0. The van der Waals surface area contributed by atoms with Gasteiger partial charge in [0.25, 0.3) is 0 Å². The number of ether oxygens (including phenoxy) is 1. The van der Waals surface area contributed by atoms with Crippen LogP contribution in [0.5, 0.6) is 0 Å². The van der Waals surface area contributed by atoms with Crippen LogP contribution >= 0.6 is 0 Å². The zero-order chi connectivity index (χ0) is 13.1. The second kappa shape index (κ2) is 3.96. The summed E-state index contributed by atoms with van der Waals surface area (Å²) in [4.78, 5) is 11.8. The number of carbonyl (C=O) groups excluding carboxylic acids is 1. The predicted molar refractivity (Wildman–Crippen MR) is 67.8 cm³/mol. The lowest BCUT2D eigenvalue weighted by Gasteiger charge is -2.53. The number of aliphatic hydroxyl groups excluding tert-OH is 1. The average Bonchev–Trinajstić information content (AvgIpc) is 2.60. The van der Waals surface area contributed by atoms with Crippen LogP contribution in [-0.4, -0.2) is 23.3 Å². The highest BCUT2D eigenvalue weighted by Gasteiger charge is 2.58.